The molecule has 22 heavy (non-hydrogen) atoms. The van der Waals surface area contributed by atoms with Gasteiger partial charge in [-0.05, 0) is 24.5 Å². The maximum absolute atomic E-state index is 12.1. The van der Waals surface area contributed by atoms with E-state index in [2.05, 4.69) is 28.9 Å². The van der Waals surface area contributed by atoms with Gasteiger partial charge in [-0.3, -0.25) is 4.79 Å². The number of rotatable bonds is 4. The summed E-state index contributed by atoms with van der Waals surface area (Å²) >= 11 is 3.15. The maximum atomic E-state index is 12.1. The summed E-state index contributed by atoms with van der Waals surface area (Å²) in [5.41, 5.74) is 1.03. The first-order chi connectivity index (χ1) is 10.7. The quantitative estimate of drug-likeness (QED) is 0.543. The molecule has 0 spiro atoms. The van der Waals surface area contributed by atoms with Crippen molar-refractivity contribution in [2.45, 2.75) is 11.4 Å². The predicted octanol–water partition coefficient (Wildman–Crippen LogP) is 3.34. The molecule has 5 nitrogen and oxygen atoms in total. The van der Waals surface area contributed by atoms with Crippen molar-refractivity contribution >= 4 is 39.2 Å². The Hall–Kier alpha value is -2.12. The van der Waals surface area contributed by atoms with Crippen LogP contribution >= 0.6 is 23.1 Å². The SMILES string of the molecule is C=CCn1c(=NC(=O)c2ccno2)sc2cc(SC)ccc21. The minimum absolute atomic E-state index is 0.132. The summed E-state index contributed by atoms with van der Waals surface area (Å²) in [5.74, 6) is -0.306. The van der Waals surface area contributed by atoms with Gasteiger partial charge in [0.05, 0.1) is 16.4 Å². The average molecular weight is 331 g/mol. The normalized spacial score (nSPS) is 12.0. The van der Waals surface area contributed by atoms with Gasteiger partial charge < -0.3 is 9.09 Å². The van der Waals surface area contributed by atoms with Crippen LogP contribution in [0.1, 0.15) is 10.6 Å². The second-order valence-corrected chi connectivity index (χ2v) is 6.30. The molecule has 0 bridgehead atoms. The van der Waals surface area contributed by atoms with E-state index in [0.29, 0.717) is 11.3 Å². The fraction of sp³-hybridized carbons (Fsp3) is 0.133. The molecule has 0 radical (unpaired) electrons. The third-order valence-electron chi connectivity index (χ3n) is 3.05. The third-order valence-corrected chi connectivity index (χ3v) is 4.81. The Morgan fingerprint density at radius 2 is 2.41 bits per heavy atom. The molecule has 0 aliphatic heterocycles. The molecule has 2 heterocycles. The number of thioether (sulfide) groups is 1. The first kappa shape index (κ1) is 14.8. The van der Waals surface area contributed by atoms with Gasteiger partial charge in [0.1, 0.15) is 0 Å². The van der Waals surface area contributed by atoms with Gasteiger partial charge in [-0.25, -0.2) is 0 Å². The van der Waals surface area contributed by atoms with E-state index >= 15 is 0 Å². The molecule has 0 saturated carbocycles. The average Bonchev–Trinajstić information content (AvgIpc) is 3.16. The second kappa shape index (κ2) is 6.33. The minimum atomic E-state index is -0.438. The van der Waals surface area contributed by atoms with Gasteiger partial charge in [0, 0.05) is 17.5 Å². The fourth-order valence-corrected chi connectivity index (χ4v) is 3.63. The summed E-state index contributed by atoms with van der Waals surface area (Å²) in [5, 5.41) is 3.53. The highest BCUT2D eigenvalue weighted by Crippen LogP contribution is 2.24. The van der Waals surface area contributed by atoms with Crippen LogP contribution in [-0.2, 0) is 6.54 Å². The van der Waals surface area contributed by atoms with Crippen LogP contribution in [0.25, 0.3) is 10.2 Å². The van der Waals surface area contributed by atoms with Crippen LogP contribution in [0.15, 0.2) is 57.5 Å². The summed E-state index contributed by atoms with van der Waals surface area (Å²) in [4.78, 5) is 18.1. The number of thiazole rings is 1. The number of carbonyl (C=O) groups excluding carboxylic acids is 1. The van der Waals surface area contributed by atoms with Crippen LogP contribution in [0.3, 0.4) is 0 Å². The molecule has 2 aromatic heterocycles. The Morgan fingerprint density at radius 3 is 3.09 bits per heavy atom. The molecule has 3 rings (SSSR count). The number of hydrogen-bond acceptors (Lipinski definition) is 5. The van der Waals surface area contributed by atoms with Crippen molar-refractivity contribution in [3.63, 3.8) is 0 Å². The van der Waals surface area contributed by atoms with Gasteiger partial charge in [-0.1, -0.05) is 22.6 Å². The molecule has 0 atom stereocenters. The summed E-state index contributed by atoms with van der Waals surface area (Å²) < 4.78 is 7.90. The van der Waals surface area contributed by atoms with Crippen molar-refractivity contribution in [2.75, 3.05) is 6.26 Å². The first-order valence-electron chi connectivity index (χ1n) is 6.51. The standard InChI is InChI=1S/C15H13N3O2S2/c1-3-8-18-11-5-4-10(21-2)9-13(11)22-15(18)17-14(19)12-6-7-16-20-12/h3-7,9H,1,8H2,2H3. The molecule has 1 aromatic carbocycles. The van der Waals surface area contributed by atoms with Gasteiger partial charge in [0.25, 0.3) is 0 Å². The van der Waals surface area contributed by atoms with Crippen LogP contribution in [0.5, 0.6) is 0 Å². The largest absolute Gasteiger partial charge is 0.351 e. The van der Waals surface area contributed by atoms with Crippen molar-refractivity contribution in [2.24, 2.45) is 4.99 Å². The van der Waals surface area contributed by atoms with E-state index < -0.39 is 5.91 Å². The topological polar surface area (TPSA) is 60.4 Å². The first-order valence-corrected chi connectivity index (χ1v) is 8.55. The van der Waals surface area contributed by atoms with E-state index in [1.165, 1.54) is 28.5 Å². The number of carbonyl (C=O) groups is 1. The van der Waals surface area contributed by atoms with E-state index in [0.717, 1.165) is 10.2 Å². The van der Waals surface area contributed by atoms with Crippen molar-refractivity contribution in [1.82, 2.24) is 9.72 Å². The van der Waals surface area contributed by atoms with Gasteiger partial charge >= 0.3 is 5.91 Å². The lowest BCUT2D eigenvalue weighted by atomic mass is 10.3. The Labute approximate surface area is 135 Å². The number of allylic oxidation sites excluding steroid dienone is 1. The van der Waals surface area contributed by atoms with Gasteiger partial charge in [0.2, 0.25) is 5.76 Å². The Balaban J connectivity index is 2.17. The molecule has 112 valence electrons. The van der Waals surface area contributed by atoms with Crippen molar-refractivity contribution in [3.05, 3.63) is 53.7 Å². The number of nitrogens with zero attached hydrogens (tertiary/aromatic N) is 3. The van der Waals surface area contributed by atoms with Gasteiger partial charge in [0.15, 0.2) is 4.80 Å². The smallest absolute Gasteiger partial charge is 0.318 e. The van der Waals surface area contributed by atoms with Crippen LogP contribution in [0.2, 0.25) is 0 Å². The van der Waals surface area contributed by atoms with Crippen molar-refractivity contribution in [1.29, 1.82) is 0 Å². The monoisotopic (exact) mass is 331 g/mol. The third kappa shape index (κ3) is 2.77. The minimum Gasteiger partial charge on any atom is -0.351 e. The number of benzene rings is 1. The van der Waals surface area contributed by atoms with E-state index in [4.69, 9.17) is 4.52 Å². The number of fused-ring (bicyclic) bond motifs is 1. The Morgan fingerprint density at radius 1 is 1.55 bits per heavy atom. The zero-order chi connectivity index (χ0) is 15.5. The molecule has 7 heteroatoms. The molecule has 0 fully saturated rings. The Bertz CT molecular complexity index is 891. The van der Waals surface area contributed by atoms with E-state index in [1.807, 2.05) is 16.9 Å². The van der Waals surface area contributed by atoms with Crippen molar-refractivity contribution < 1.29 is 9.32 Å². The zero-order valence-corrected chi connectivity index (χ0v) is 13.5. The van der Waals surface area contributed by atoms with Crippen molar-refractivity contribution in [3.8, 4) is 0 Å². The summed E-state index contributed by atoms with van der Waals surface area (Å²) in [7, 11) is 0. The molecule has 0 aliphatic carbocycles. The van der Waals surface area contributed by atoms with Gasteiger partial charge in [-0.15, -0.1) is 18.3 Å². The van der Waals surface area contributed by atoms with E-state index in [9.17, 15) is 4.79 Å². The molecule has 0 N–H and O–H groups in total. The molecule has 3 aromatic rings. The highest BCUT2D eigenvalue weighted by Gasteiger charge is 2.11. The second-order valence-electron chi connectivity index (χ2n) is 4.41. The number of aromatic nitrogens is 2. The van der Waals surface area contributed by atoms with Crippen LogP contribution in [0, 0.1) is 0 Å². The molecule has 0 aliphatic rings. The lowest BCUT2D eigenvalue weighted by molar-refractivity contribution is 0.0962. The molecule has 1 amide bonds. The summed E-state index contributed by atoms with van der Waals surface area (Å²) in [6.07, 6.45) is 5.24. The molecular formula is C15H13N3O2S2. The Kier molecular flexibility index (Phi) is 4.26. The lowest BCUT2D eigenvalue weighted by Crippen LogP contribution is -2.16. The predicted molar refractivity (Wildman–Crippen MR) is 88.2 cm³/mol. The van der Waals surface area contributed by atoms with E-state index in [-0.39, 0.29) is 5.76 Å². The molecular weight excluding hydrogens is 318 g/mol. The van der Waals surface area contributed by atoms with Crippen LogP contribution in [-0.4, -0.2) is 21.9 Å². The molecule has 0 saturated heterocycles. The fourth-order valence-electron chi connectivity index (χ4n) is 2.04. The van der Waals surface area contributed by atoms with E-state index in [1.54, 1.807) is 17.8 Å². The van der Waals surface area contributed by atoms with Crippen LogP contribution < -0.4 is 4.80 Å². The zero-order valence-electron chi connectivity index (χ0n) is 11.9. The highest BCUT2D eigenvalue weighted by molar-refractivity contribution is 7.98. The maximum Gasteiger partial charge on any atom is 0.318 e. The van der Waals surface area contributed by atoms with Crippen LogP contribution in [0.4, 0.5) is 0 Å². The molecule has 0 unspecified atom stereocenters. The summed E-state index contributed by atoms with van der Waals surface area (Å²) in [6, 6.07) is 7.70. The number of hydrogen-bond donors (Lipinski definition) is 0. The summed E-state index contributed by atoms with van der Waals surface area (Å²) in [6.45, 7) is 4.36. The lowest BCUT2D eigenvalue weighted by Gasteiger charge is -2.01. The highest BCUT2D eigenvalue weighted by atomic mass is 32.2. The van der Waals surface area contributed by atoms with Gasteiger partial charge in [-0.2, -0.15) is 4.99 Å². The number of amides is 1.